The Morgan fingerprint density at radius 3 is 2.35 bits per heavy atom. The van der Waals surface area contributed by atoms with Gasteiger partial charge in [-0.15, -0.1) is 0 Å². The summed E-state index contributed by atoms with van der Waals surface area (Å²) in [5.41, 5.74) is 3.94. The van der Waals surface area contributed by atoms with Gasteiger partial charge in [0.25, 0.3) is 0 Å². The molecule has 1 N–H and O–H groups in total. The van der Waals surface area contributed by atoms with Crippen molar-refractivity contribution in [3.63, 3.8) is 0 Å². The van der Waals surface area contributed by atoms with Crippen LogP contribution in [0.3, 0.4) is 0 Å². The summed E-state index contributed by atoms with van der Waals surface area (Å²) in [6, 6.07) is 6.47. The Kier molecular flexibility index (Phi) is 4.89. The molecular formula is C16H26N2O2. The molecule has 1 saturated heterocycles. The average Bonchev–Trinajstić information content (AvgIpc) is 2.54. The zero-order valence-corrected chi connectivity index (χ0v) is 13.0. The Morgan fingerprint density at radius 2 is 1.85 bits per heavy atom. The topological polar surface area (TPSA) is 33.7 Å². The monoisotopic (exact) mass is 278 g/mol. The number of hydrogen-bond acceptors (Lipinski definition) is 4. The van der Waals surface area contributed by atoms with E-state index in [9.17, 15) is 0 Å². The lowest BCUT2D eigenvalue weighted by molar-refractivity contribution is -0.216. The van der Waals surface area contributed by atoms with E-state index in [1.807, 2.05) is 7.05 Å². The molecule has 112 valence electrons. The van der Waals surface area contributed by atoms with Gasteiger partial charge < -0.3 is 19.7 Å². The van der Waals surface area contributed by atoms with Crippen LogP contribution in [0.15, 0.2) is 18.2 Å². The van der Waals surface area contributed by atoms with E-state index in [-0.39, 0.29) is 0 Å². The van der Waals surface area contributed by atoms with Crippen molar-refractivity contribution in [1.29, 1.82) is 0 Å². The molecule has 1 heterocycles. The van der Waals surface area contributed by atoms with Crippen molar-refractivity contribution in [1.82, 2.24) is 0 Å². The second-order valence-corrected chi connectivity index (χ2v) is 5.21. The van der Waals surface area contributed by atoms with Gasteiger partial charge in [-0.3, -0.25) is 0 Å². The SMILES string of the molecule is CCc1c(NC)cccc1N1CCC(OC)(OC)CC1. The highest BCUT2D eigenvalue weighted by Crippen LogP contribution is 2.33. The van der Waals surface area contributed by atoms with Crippen molar-refractivity contribution >= 4 is 11.4 Å². The molecule has 0 spiro atoms. The minimum atomic E-state index is -0.399. The Morgan fingerprint density at radius 1 is 1.20 bits per heavy atom. The summed E-state index contributed by atoms with van der Waals surface area (Å²) >= 11 is 0. The van der Waals surface area contributed by atoms with Crippen molar-refractivity contribution in [2.24, 2.45) is 0 Å². The third-order valence-corrected chi connectivity index (χ3v) is 4.38. The van der Waals surface area contributed by atoms with Crippen molar-refractivity contribution in [2.75, 3.05) is 44.6 Å². The van der Waals surface area contributed by atoms with Crippen molar-refractivity contribution in [3.8, 4) is 0 Å². The zero-order chi connectivity index (χ0) is 14.6. The van der Waals surface area contributed by atoms with Gasteiger partial charge in [0.1, 0.15) is 0 Å². The van der Waals surface area contributed by atoms with Crippen LogP contribution in [-0.4, -0.2) is 40.1 Å². The first kappa shape index (κ1) is 15.1. The van der Waals surface area contributed by atoms with Gasteiger partial charge in [-0.1, -0.05) is 13.0 Å². The number of ether oxygens (including phenoxy) is 2. The Hall–Kier alpha value is -1.26. The van der Waals surface area contributed by atoms with Crippen molar-refractivity contribution < 1.29 is 9.47 Å². The standard InChI is InChI=1S/C16H26N2O2/c1-5-13-14(17-2)7-6-8-15(13)18-11-9-16(19-3,20-4)10-12-18/h6-8,17H,5,9-12H2,1-4H3. The number of rotatable bonds is 5. The Bertz CT molecular complexity index is 434. The van der Waals surface area contributed by atoms with Gasteiger partial charge in [-0.05, 0) is 24.1 Å². The first-order chi connectivity index (χ1) is 9.69. The first-order valence-electron chi connectivity index (χ1n) is 7.34. The molecule has 0 amide bonds. The molecule has 1 fully saturated rings. The Labute approximate surface area is 122 Å². The van der Waals surface area contributed by atoms with Crippen molar-refractivity contribution in [2.45, 2.75) is 32.0 Å². The summed E-state index contributed by atoms with van der Waals surface area (Å²) in [4.78, 5) is 2.44. The fourth-order valence-corrected chi connectivity index (χ4v) is 3.06. The summed E-state index contributed by atoms with van der Waals surface area (Å²) in [7, 11) is 5.45. The normalized spacial score (nSPS) is 18.1. The van der Waals surface area contributed by atoms with E-state index in [1.165, 1.54) is 16.9 Å². The van der Waals surface area contributed by atoms with Gasteiger partial charge in [0.2, 0.25) is 0 Å². The van der Waals surface area contributed by atoms with E-state index in [2.05, 4.69) is 35.3 Å². The van der Waals surface area contributed by atoms with Crippen LogP contribution in [0.4, 0.5) is 11.4 Å². The van der Waals surface area contributed by atoms with E-state index in [0.29, 0.717) is 0 Å². The lowest BCUT2D eigenvalue weighted by Crippen LogP contribution is -2.47. The van der Waals surface area contributed by atoms with E-state index < -0.39 is 5.79 Å². The molecule has 4 heteroatoms. The average molecular weight is 278 g/mol. The number of benzene rings is 1. The molecular weight excluding hydrogens is 252 g/mol. The molecule has 0 aliphatic carbocycles. The maximum absolute atomic E-state index is 5.55. The number of nitrogens with zero attached hydrogens (tertiary/aromatic N) is 1. The van der Waals surface area contributed by atoms with Gasteiger partial charge in [-0.2, -0.15) is 0 Å². The smallest absolute Gasteiger partial charge is 0.170 e. The second kappa shape index (κ2) is 6.46. The molecule has 1 aliphatic heterocycles. The van der Waals surface area contributed by atoms with Crippen LogP contribution in [0.25, 0.3) is 0 Å². The molecule has 0 aromatic heterocycles. The Balaban J connectivity index is 2.18. The van der Waals surface area contributed by atoms with Gasteiger partial charge in [0, 0.05) is 58.6 Å². The minimum Gasteiger partial charge on any atom is -0.388 e. The molecule has 1 aliphatic rings. The molecule has 2 rings (SSSR count). The summed E-state index contributed by atoms with van der Waals surface area (Å²) < 4.78 is 11.1. The molecule has 0 saturated carbocycles. The zero-order valence-electron chi connectivity index (χ0n) is 13.0. The number of piperidine rings is 1. The summed E-state index contributed by atoms with van der Waals surface area (Å²) in [6.07, 6.45) is 2.82. The summed E-state index contributed by atoms with van der Waals surface area (Å²) in [6.45, 7) is 4.13. The summed E-state index contributed by atoms with van der Waals surface area (Å²) in [5, 5.41) is 3.29. The lowest BCUT2D eigenvalue weighted by Gasteiger charge is -2.41. The largest absolute Gasteiger partial charge is 0.388 e. The highest BCUT2D eigenvalue weighted by atomic mass is 16.7. The molecule has 1 aromatic rings. The molecule has 4 nitrogen and oxygen atoms in total. The predicted octanol–water partition coefficient (Wildman–Crippen LogP) is 2.88. The highest BCUT2D eigenvalue weighted by molar-refractivity contribution is 5.66. The van der Waals surface area contributed by atoms with Crippen molar-refractivity contribution in [3.05, 3.63) is 23.8 Å². The number of nitrogens with one attached hydrogen (secondary N) is 1. The maximum atomic E-state index is 5.55. The fraction of sp³-hybridized carbons (Fsp3) is 0.625. The van der Waals surface area contributed by atoms with Gasteiger partial charge >= 0.3 is 0 Å². The lowest BCUT2D eigenvalue weighted by atomic mass is 10.00. The van der Waals surface area contributed by atoms with Gasteiger partial charge in [-0.25, -0.2) is 0 Å². The molecule has 0 unspecified atom stereocenters. The van der Waals surface area contributed by atoms with Crippen LogP contribution < -0.4 is 10.2 Å². The van der Waals surface area contributed by atoms with Crippen LogP contribution in [0.5, 0.6) is 0 Å². The third-order valence-electron chi connectivity index (χ3n) is 4.38. The molecule has 0 atom stereocenters. The molecule has 0 radical (unpaired) electrons. The number of methoxy groups -OCH3 is 2. The van der Waals surface area contributed by atoms with E-state index in [4.69, 9.17) is 9.47 Å². The first-order valence-corrected chi connectivity index (χ1v) is 7.34. The quantitative estimate of drug-likeness (QED) is 0.840. The van der Waals surface area contributed by atoms with Gasteiger partial charge in [0.05, 0.1) is 0 Å². The van der Waals surface area contributed by atoms with Crippen LogP contribution in [0.1, 0.15) is 25.3 Å². The van der Waals surface area contributed by atoms with Crippen LogP contribution in [0, 0.1) is 0 Å². The molecule has 1 aromatic carbocycles. The number of anilines is 2. The van der Waals surface area contributed by atoms with Crippen LogP contribution in [0.2, 0.25) is 0 Å². The predicted molar refractivity (Wildman–Crippen MR) is 83.6 cm³/mol. The minimum absolute atomic E-state index is 0.399. The van der Waals surface area contributed by atoms with Crippen LogP contribution in [-0.2, 0) is 15.9 Å². The van der Waals surface area contributed by atoms with E-state index in [1.54, 1.807) is 14.2 Å². The maximum Gasteiger partial charge on any atom is 0.170 e. The number of hydrogen-bond donors (Lipinski definition) is 1. The summed E-state index contributed by atoms with van der Waals surface area (Å²) in [5.74, 6) is -0.399. The van der Waals surface area contributed by atoms with E-state index in [0.717, 1.165) is 32.4 Å². The second-order valence-electron chi connectivity index (χ2n) is 5.21. The van der Waals surface area contributed by atoms with Gasteiger partial charge in [0.15, 0.2) is 5.79 Å². The van der Waals surface area contributed by atoms with Crippen LogP contribution >= 0.6 is 0 Å². The molecule has 0 bridgehead atoms. The molecule has 20 heavy (non-hydrogen) atoms. The highest BCUT2D eigenvalue weighted by Gasteiger charge is 2.35. The third kappa shape index (κ3) is 2.76. The fourth-order valence-electron chi connectivity index (χ4n) is 3.06. The van der Waals surface area contributed by atoms with E-state index >= 15 is 0 Å².